The van der Waals surface area contributed by atoms with Crippen LogP contribution >= 0.6 is 0 Å². The largest absolute Gasteiger partial charge is 0.333 e. The molecule has 0 bridgehead atoms. The first-order valence-corrected chi connectivity index (χ1v) is 17.5. The molecule has 0 spiro atoms. The molecular formula is C48H34N2. The number of benzene rings is 7. The highest BCUT2D eigenvalue weighted by molar-refractivity contribution is 6.12. The van der Waals surface area contributed by atoms with E-state index in [9.17, 15) is 0 Å². The Labute approximate surface area is 291 Å². The lowest BCUT2D eigenvalue weighted by Gasteiger charge is -2.22. The monoisotopic (exact) mass is 638 g/mol. The number of hydrogen-bond acceptors (Lipinski definition) is 0. The highest BCUT2D eigenvalue weighted by Crippen LogP contribution is 2.41. The van der Waals surface area contributed by atoms with Crippen LogP contribution in [-0.4, -0.2) is 9.13 Å². The SMILES string of the molecule is C1=CC(n2c3ccccc3c3cc(-c4ccc5c(c4)c4ccccc4n5-c4cccc(-c5ccccc5)c4)ccc32)CC(c2ccccc2)=C1. The van der Waals surface area contributed by atoms with Crippen molar-refractivity contribution in [2.75, 3.05) is 0 Å². The van der Waals surface area contributed by atoms with Crippen molar-refractivity contribution in [1.29, 1.82) is 0 Å². The molecule has 1 unspecified atom stereocenters. The molecule has 2 aromatic heterocycles. The molecule has 7 aromatic carbocycles. The molecule has 0 aliphatic heterocycles. The van der Waals surface area contributed by atoms with Gasteiger partial charge in [0.25, 0.3) is 0 Å². The molecule has 0 saturated carbocycles. The molecule has 10 rings (SSSR count). The Balaban J connectivity index is 1.09. The van der Waals surface area contributed by atoms with E-state index in [1.807, 2.05) is 0 Å². The third-order valence-corrected chi connectivity index (χ3v) is 10.5. The summed E-state index contributed by atoms with van der Waals surface area (Å²) in [6.45, 7) is 0. The van der Waals surface area contributed by atoms with Gasteiger partial charge in [-0.3, -0.25) is 0 Å². The lowest BCUT2D eigenvalue weighted by molar-refractivity contribution is 0.656. The smallest absolute Gasteiger partial charge is 0.0566 e. The summed E-state index contributed by atoms with van der Waals surface area (Å²) in [5.74, 6) is 0. The number of para-hydroxylation sites is 2. The number of nitrogens with zero attached hydrogens (tertiary/aromatic N) is 2. The van der Waals surface area contributed by atoms with Gasteiger partial charge in [0.05, 0.1) is 17.1 Å². The van der Waals surface area contributed by atoms with Crippen LogP contribution in [0.15, 0.2) is 188 Å². The van der Waals surface area contributed by atoms with Gasteiger partial charge >= 0.3 is 0 Å². The lowest BCUT2D eigenvalue weighted by atomic mass is 9.94. The standard InChI is InChI=1S/C48H34N2/c1-3-13-33(14-4-1)35-17-11-19-39(29-35)49-45-23-9-7-21-41(45)43-31-37(25-27-47(43)49)38-26-28-48-44(32-38)42-22-8-10-24-46(42)50(48)40-20-12-18-36(30-40)34-15-5-2-6-16-34/h1-29,31-32,40H,30H2. The normalized spacial score (nSPS) is 14.6. The Morgan fingerprint density at radius 2 is 0.940 bits per heavy atom. The summed E-state index contributed by atoms with van der Waals surface area (Å²) in [5.41, 5.74) is 13.7. The summed E-state index contributed by atoms with van der Waals surface area (Å²) in [7, 11) is 0. The van der Waals surface area contributed by atoms with Crippen molar-refractivity contribution in [3.63, 3.8) is 0 Å². The van der Waals surface area contributed by atoms with E-state index in [4.69, 9.17) is 0 Å². The molecule has 1 aliphatic carbocycles. The fraction of sp³-hybridized carbons (Fsp3) is 0.0417. The molecule has 50 heavy (non-hydrogen) atoms. The van der Waals surface area contributed by atoms with Crippen LogP contribution in [0.1, 0.15) is 18.0 Å². The Morgan fingerprint density at radius 3 is 1.70 bits per heavy atom. The van der Waals surface area contributed by atoms with E-state index in [-0.39, 0.29) is 6.04 Å². The summed E-state index contributed by atoms with van der Waals surface area (Å²) < 4.78 is 4.95. The van der Waals surface area contributed by atoms with Gasteiger partial charge in [-0.25, -0.2) is 0 Å². The molecule has 2 heteroatoms. The van der Waals surface area contributed by atoms with Crippen molar-refractivity contribution in [3.8, 4) is 27.9 Å². The van der Waals surface area contributed by atoms with Gasteiger partial charge in [0, 0.05) is 38.3 Å². The first-order valence-electron chi connectivity index (χ1n) is 17.5. The minimum absolute atomic E-state index is 0.242. The molecule has 2 heterocycles. The van der Waals surface area contributed by atoms with Crippen LogP contribution in [-0.2, 0) is 0 Å². The molecule has 0 N–H and O–H groups in total. The fourth-order valence-electron chi connectivity index (χ4n) is 8.13. The van der Waals surface area contributed by atoms with Gasteiger partial charge in [-0.15, -0.1) is 0 Å². The number of rotatable bonds is 5. The average molecular weight is 639 g/mol. The summed E-state index contributed by atoms with van der Waals surface area (Å²) >= 11 is 0. The number of aromatic nitrogens is 2. The molecule has 0 radical (unpaired) electrons. The quantitative estimate of drug-likeness (QED) is 0.178. The molecular weight excluding hydrogens is 605 g/mol. The third kappa shape index (κ3) is 4.64. The van der Waals surface area contributed by atoms with Crippen LogP contribution < -0.4 is 0 Å². The summed E-state index contributed by atoms with van der Waals surface area (Å²) in [5, 5.41) is 5.11. The second-order valence-electron chi connectivity index (χ2n) is 13.3. The van der Waals surface area contributed by atoms with Gasteiger partial charge in [0.1, 0.15) is 0 Å². The first-order chi connectivity index (χ1) is 24.8. The van der Waals surface area contributed by atoms with Crippen LogP contribution in [0.4, 0.5) is 0 Å². The lowest BCUT2D eigenvalue weighted by Crippen LogP contribution is -2.09. The van der Waals surface area contributed by atoms with E-state index >= 15 is 0 Å². The van der Waals surface area contributed by atoms with Crippen molar-refractivity contribution in [2.24, 2.45) is 0 Å². The zero-order chi connectivity index (χ0) is 33.0. The molecule has 236 valence electrons. The first kappa shape index (κ1) is 28.6. The summed E-state index contributed by atoms with van der Waals surface area (Å²) in [6.07, 6.45) is 7.82. The number of hydrogen-bond donors (Lipinski definition) is 0. The second-order valence-corrected chi connectivity index (χ2v) is 13.3. The molecule has 0 fully saturated rings. The number of fused-ring (bicyclic) bond motifs is 6. The molecule has 2 nitrogen and oxygen atoms in total. The van der Waals surface area contributed by atoms with Crippen molar-refractivity contribution in [1.82, 2.24) is 9.13 Å². The minimum Gasteiger partial charge on any atom is -0.333 e. The van der Waals surface area contributed by atoms with E-state index in [2.05, 4.69) is 197 Å². The van der Waals surface area contributed by atoms with Gasteiger partial charge in [0.15, 0.2) is 0 Å². The van der Waals surface area contributed by atoms with Crippen molar-refractivity contribution < 1.29 is 0 Å². The maximum atomic E-state index is 2.54. The Morgan fingerprint density at radius 1 is 0.400 bits per heavy atom. The van der Waals surface area contributed by atoms with Gasteiger partial charge in [0.2, 0.25) is 0 Å². The van der Waals surface area contributed by atoms with Crippen LogP contribution in [0.5, 0.6) is 0 Å². The van der Waals surface area contributed by atoms with Gasteiger partial charge in [-0.2, -0.15) is 0 Å². The Kier molecular flexibility index (Phi) is 6.67. The predicted molar refractivity (Wildman–Crippen MR) is 212 cm³/mol. The Bertz CT molecular complexity index is 2780. The average Bonchev–Trinajstić information content (AvgIpc) is 3.71. The highest BCUT2D eigenvalue weighted by Gasteiger charge is 2.21. The van der Waals surface area contributed by atoms with E-state index in [0.29, 0.717) is 0 Å². The van der Waals surface area contributed by atoms with Gasteiger partial charge in [-0.05, 0) is 88.3 Å². The second kappa shape index (κ2) is 11.6. The summed E-state index contributed by atoms with van der Waals surface area (Å²) in [4.78, 5) is 0. The van der Waals surface area contributed by atoms with Crippen LogP contribution in [0.3, 0.4) is 0 Å². The maximum Gasteiger partial charge on any atom is 0.0566 e. The third-order valence-electron chi connectivity index (χ3n) is 10.5. The molecule has 9 aromatic rings. The van der Waals surface area contributed by atoms with E-state index < -0.39 is 0 Å². The zero-order valence-electron chi connectivity index (χ0n) is 27.6. The Hall–Kier alpha value is -6.38. The van der Waals surface area contributed by atoms with Gasteiger partial charge < -0.3 is 9.13 Å². The van der Waals surface area contributed by atoms with Gasteiger partial charge in [-0.1, -0.05) is 140 Å². The van der Waals surface area contributed by atoms with Crippen molar-refractivity contribution in [2.45, 2.75) is 12.5 Å². The van der Waals surface area contributed by atoms with E-state index in [0.717, 1.165) is 6.42 Å². The van der Waals surface area contributed by atoms with Crippen LogP contribution in [0.25, 0.3) is 77.1 Å². The van der Waals surface area contributed by atoms with Crippen LogP contribution in [0, 0.1) is 0 Å². The summed E-state index contributed by atoms with van der Waals surface area (Å²) in [6, 6.07) is 62.2. The zero-order valence-corrected chi connectivity index (χ0v) is 27.6. The highest BCUT2D eigenvalue weighted by atomic mass is 15.0. The van der Waals surface area contributed by atoms with E-state index in [1.165, 1.54) is 82.7 Å². The molecule has 0 saturated heterocycles. The fourth-order valence-corrected chi connectivity index (χ4v) is 8.13. The minimum atomic E-state index is 0.242. The predicted octanol–water partition coefficient (Wildman–Crippen LogP) is 12.8. The topological polar surface area (TPSA) is 9.86 Å². The van der Waals surface area contributed by atoms with Crippen LogP contribution in [0.2, 0.25) is 0 Å². The maximum absolute atomic E-state index is 2.54. The van der Waals surface area contributed by atoms with Crippen molar-refractivity contribution >= 4 is 49.2 Å². The molecule has 0 amide bonds. The number of allylic oxidation sites excluding steroid dienone is 4. The molecule has 1 atom stereocenters. The molecule has 1 aliphatic rings. The van der Waals surface area contributed by atoms with Crippen molar-refractivity contribution in [3.05, 3.63) is 194 Å². The van der Waals surface area contributed by atoms with E-state index in [1.54, 1.807) is 0 Å².